The van der Waals surface area contributed by atoms with Crippen LogP contribution in [0, 0.1) is 6.92 Å². The summed E-state index contributed by atoms with van der Waals surface area (Å²) in [6, 6.07) is 6.95. The Bertz CT molecular complexity index is 1070. The average Bonchev–Trinajstić information content (AvgIpc) is 3.05. The van der Waals surface area contributed by atoms with Gasteiger partial charge in [0.15, 0.2) is 9.84 Å². The molecule has 27 heavy (non-hydrogen) atoms. The molecule has 0 spiro atoms. The van der Waals surface area contributed by atoms with Gasteiger partial charge >= 0.3 is 0 Å². The first kappa shape index (κ1) is 17.9. The van der Waals surface area contributed by atoms with Crippen molar-refractivity contribution in [2.75, 3.05) is 37.3 Å². The summed E-state index contributed by atoms with van der Waals surface area (Å²) in [5.41, 5.74) is 1.68. The molecule has 1 aromatic carbocycles. The van der Waals surface area contributed by atoms with Crippen LogP contribution in [0.15, 0.2) is 40.0 Å². The molecule has 0 N–H and O–H groups in total. The van der Waals surface area contributed by atoms with Crippen molar-refractivity contribution in [3.63, 3.8) is 0 Å². The Kier molecular flexibility index (Phi) is 4.56. The van der Waals surface area contributed by atoms with Crippen LogP contribution in [-0.4, -0.2) is 60.9 Å². The Balaban J connectivity index is 1.54. The standard InChI is InChI=1S/C18H21N5O3S/c1-13-9-14(21-26-13)11-22-5-7-23(8-6-22)18-16-10-15(27(2,24)25)3-4-17(16)19-12-20-18/h3-4,9-10,12H,5-8,11H2,1-2H3. The molecule has 142 valence electrons. The lowest BCUT2D eigenvalue weighted by atomic mass is 10.2. The second-order valence-corrected chi connectivity index (χ2v) is 8.86. The molecule has 0 aliphatic carbocycles. The van der Waals surface area contributed by atoms with E-state index < -0.39 is 9.84 Å². The number of piperazine rings is 1. The summed E-state index contributed by atoms with van der Waals surface area (Å²) in [4.78, 5) is 13.5. The number of hydrogen-bond acceptors (Lipinski definition) is 8. The van der Waals surface area contributed by atoms with E-state index >= 15 is 0 Å². The van der Waals surface area contributed by atoms with Crippen LogP contribution in [-0.2, 0) is 16.4 Å². The quantitative estimate of drug-likeness (QED) is 0.667. The van der Waals surface area contributed by atoms with Gasteiger partial charge in [0.1, 0.15) is 17.9 Å². The first-order valence-electron chi connectivity index (χ1n) is 8.74. The minimum atomic E-state index is -3.28. The number of hydrogen-bond donors (Lipinski definition) is 0. The molecule has 9 heteroatoms. The molecule has 2 aromatic heterocycles. The summed E-state index contributed by atoms with van der Waals surface area (Å²) in [6.45, 7) is 5.97. The van der Waals surface area contributed by atoms with Crippen LogP contribution in [0.4, 0.5) is 5.82 Å². The summed E-state index contributed by atoms with van der Waals surface area (Å²) in [6.07, 6.45) is 2.74. The summed E-state index contributed by atoms with van der Waals surface area (Å²) in [5, 5.41) is 4.82. The summed E-state index contributed by atoms with van der Waals surface area (Å²) < 4.78 is 28.9. The molecule has 0 saturated carbocycles. The third-order valence-corrected chi connectivity index (χ3v) is 5.86. The van der Waals surface area contributed by atoms with Crippen LogP contribution in [0.2, 0.25) is 0 Å². The van der Waals surface area contributed by atoms with E-state index in [1.165, 1.54) is 12.6 Å². The maximum Gasteiger partial charge on any atom is 0.175 e. The predicted octanol–water partition coefficient (Wildman–Crippen LogP) is 1.65. The largest absolute Gasteiger partial charge is 0.361 e. The molecule has 1 saturated heterocycles. The Hall–Kier alpha value is -2.52. The molecule has 1 fully saturated rings. The molecule has 0 atom stereocenters. The molecule has 1 aliphatic heterocycles. The van der Waals surface area contributed by atoms with E-state index in [9.17, 15) is 8.42 Å². The lowest BCUT2D eigenvalue weighted by molar-refractivity contribution is 0.241. The second kappa shape index (κ2) is 6.90. The third kappa shape index (κ3) is 3.79. The van der Waals surface area contributed by atoms with E-state index in [2.05, 4.69) is 24.9 Å². The molecule has 3 heterocycles. The number of aromatic nitrogens is 3. The minimum absolute atomic E-state index is 0.283. The average molecular weight is 387 g/mol. The van der Waals surface area contributed by atoms with Crippen molar-refractivity contribution in [2.24, 2.45) is 0 Å². The molecule has 0 radical (unpaired) electrons. The van der Waals surface area contributed by atoms with Gasteiger partial charge in [-0.1, -0.05) is 5.16 Å². The lowest BCUT2D eigenvalue weighted by Crippen LogP contribution is -2.46. The van der Waals surface area contributed by atoms with Crippen molar-refractivity contribution >= 4 is 26.6 Å². The SMILES string of the molecule is Cc1cc(CN2CCN(c3ncnc4ccc(S(C)(=O)=O)cc34)CC2)no1. The van der Waals surface area contributed by atoms with Crippen molar-refractivity contribution in [3.8, 4) is 0 Å². The Morgan fingerprint density at radius 1 is 1.11 bits per heavy atom. The van der Waals surface area contributed by atoms with Crippen LogP contribution in [0.5, 0.6) is 0 Å². The predicted molar refractivity (Wildman–Crippen MR) is 101 cm³/mol. The molecule has 3 aromatic rings. The van der Waals surface area contributed by atoms with E-state index in [-0.39, 0.29) is 4.90 Å². The van der Waals surface area contributed by atoms with Gasteiger partial charge < -0.3 is 9.42 Å². The molecule has 0 bridgehead atoms. The van der Waals surface area contributed by atoms with Crippen molar-refractivity contribution in [3.05, 3.63) is 42.0 Å². The highest BCUT2D eigenvalue weighted by atomic mass is 32.2. The third-order valence-electron chi connectivity index (χ3n) is 4.75. The van der Waals surface area contributed by atoms with E-state index in [0.29, 0.717) is 0 Å². The van der Waals surface area contributed by atoms with E-state index in [4.69, 9.17) is 4.52 Å². The zero-order chi connectivity index (χ0) is 19.0. The van der Waals surface area contributed by atoms with Crippen molar-refractivity contribution in [1.29, 1.82) is 0 Å². The van der Waals surface area contributed by atoms with Gasteiger partial charge in [-0.25, -0.2) is 18.4 Å². The molecular formula is C18H21N5O3S. The van der Waals surface area contributed by atoms with E-state index in [1.54, 1.807) is 18.2 Å². The monoisotopic (exact) mass is 387 g/mol. The second-order valence-electron chi connectivity index (χ2n) is 6.84. The fraction of sp³-hybridized carbons (Fsp3) is 0.389. The van der Waals surface area contributed by atoms with Crippen molar-refractivity contribution in [1.82, 2.24) is 20.0 Å². The molecule has 4 rings (SSSR count). The van der Waals surface area contributed by atoms with Crippen LogP contribution < -0.4 is 4.90 Å². The Morgan fingerprint density at radius 3 is 2.56 bits per heavy atom. The minimum Gasteiger partial charge on any atom is -0.361 e. The summed E-state index contributed by atoms with van der Waals surface area (Å²) in [7, 11) is -3.28. The molecule has 8 nitrogen and oxygen atoms in total. The Morgan fingerprint density at radius 2 is 1.89 bits per heavy atom. The molecular weight excluding hydrogens is 366 g/mol. The fourth-order valence-corrected chi connectivity index (χ4v) is 3.99. The topological polar surface area (TPSA) is 92.4 Å². The normalized spacial score (nSPS) is 16.1. The fourth-order valence-electron chi connectivity index (χ4n) is 3.34. The molecule has 0 unspecified atom stereocenters. The number of nitrogens with zero attached hydrogens (tertiary/aromatic N) is 5. The maximum absolute atomic E-state index is 11.9. The number of benzene rings is 1. The summed E-state index contributed by atoms with van der Waals surface area (Å²) >= 11 is 0. The zero-order valence-electron chi connectivity index (χ0n) is 15.3. The first-order valence-corrected chi connectivity index (χ1v) is 10.6. The van der Waals surface area contributed by atoms with Gasteiger partial charge in [0.25, 0.3) is 0 Å². The van der Waals surface area contributed by atoms with Crippen LogP contribution in [0.3, 0.4) is 0 Å². The van der Waals surface area contributed by atoms with Crippen LogP contribution >= 0.6 is 0 Å². The van der Waals surface area contributed by atoms with Gasteiger partial charge in [0.2, 0.25) is 0 Å². The van der Waals surface area contributed by atoms with Gasteiger partial charge in [-0.05, 0) is 25.1 Å². The van der Waals surface area contributed by atoms with Gasteiger partial charge in [-0.15, -0.1) is 0 Å². The highest BCUT2D eigenvalue weighted by molar-refractivity contribution is 7.90. The van der Waals surface area contributed by atoms with Crippen LogP contribution in [0.1, 0.15) is 11.5 Å². The van der Waals surface area contributed by atoms with Gasteiger partial charge in [-0.3, -0.25) is 4.90 Å². The van der Waals surface area contributed by atoms with Crippen molar-refractivity contribution < 1.29 is 12.9 Å². The maximum atomic E-state index is 11.9. The molecule has 1 aliphatic rings. The van der Waals surface area contributed by atoms with Crippen LogP contribution in [0.25, 0.3) is 10.9 Å². The molecule has 0 amide bonds. The first-order chi connectivity index (χ1) is 12.9. The highest BCUT2D eigenvalue weighted by Gasteiger charge is 2.21. The number of aryl methyl sites for hydroxylation is 1. The van der Waals surface area contributed by atoms with E-state index in [0.717, 1.165) is 60.9 Å². The van der Waals surface area contributed by atoms with Gasteiger partial charge in [-0.2, -0.15) is 0 Å². The Labute approximate surface area is 157 Å². The number of fused-ring (bicyclic) bond motifs is 1. The number of anilines is 1. The number of rotatable bonds is 4. The zero-order valence-corrected chi connectivity index (χ0v) is 16.1. The van der Waals surface area contributed by atoms with Crippen molar-refractivity contribution in [2.45, 2.75) is 18.4 Å². The summed E-state index contributed by atoms with van der Waals surface area (Å²) in [5.74, 6) is 1.60. The van der Waals surface area contributed by atoms with E-state index in [1.807, 2.05) is 13.0 Å². The smallest absolute Gasteiger partial charge is 0.175 e. The lowest BCUT2D eigenvalue weighted by Gasteiger charge is -2.35. The number of sulfone groups is 1. The van der Waals surface area contributed by atoms with Gasteiger partial charge in [0.05, 0.1) is 16.1 Å². The van der Waals surface area contributed by atoms with Gasteiger partial charge in [0, 0.05) is 50.4 Å². The highest BCUT2D eigenvalue weighted by Crippen LogP contribution is 2.26.